The van der Waals surface area contributed by atoms with E-state index in [0.29, 0.717) is 12.4 Å². The molecule has 0 aliphatic heterocycles. The Morgan fingerprint density at radius 2 is 2.55 bits per heavy atom. The van der Waals surface area contributed by atoms with Crippen molar-refractivity contribution in [3.63, 3.8) is 0 Å². The van der Waals surface area contributed by atoms with Crippen LogP contribution in [0, 0.1) is 5.92 Å². The molecule has 0 N–H and O–H groups in total. The van der Waals surface area contributed by atoms with Gasteiger partial charge in [-0.3, -0.25) is 4.79 Å². The normalized spacial score (nSPS) is 23.6. The zero-order chi connectivity index (χ0) is 8.10. The Morgan fingerprint density at radius 1 is 1.73 bits per heavy atom. The molecule has 2 heteroatoms. The summed E-state index contributed by atoms with van der Waals surface area (Å²) in [7, 11) is 0. The standard InChI is InChI=1S/C9H14O2/c1-2-11-7-6-8-4-3-5-9(8)10/h2,8H,1,3-7H2. The van der Waals surface area contributed by atoms with Gasteiger partial charge in [0.15, 0.2) is 0 Å². The molecule has 0 bridgehead atoms. The van der Waals surface area contributed by atoms with Crippen molar-refractivity contribution in [1.29, 1.82) is 0 Å². The van der Waals surface area contributed by atoms with Crippen LogP contribution >= 0.6 is 0 Å². The average Bonchev–Trinajstić information content (AvgIpc) is 2.37. The summed E-state index contributed by atoms with van der Waals surface area (Å²) in [5.74, 6) is 0.688. The van der Waals surface area contributed by atoms with Crippen LogP contribution in [0.4, 0.5) is 0 Å². The lowest BCUT2D eigenvalue weighted by molar-refractivity contribution is -0.121. The first-order valence-electron chi connectivity index (χ1n) is 4.10. The van der Waals surface area contributed by atoms with E-state index >= 15 is 0 Å². The Kier molecular flexibility index (Phi) is 3.14. The van der Waals surface area contributed by atoms with Gasteiger partial charge in [0.05, 0.1) is 12.9 Å². The molecule has 1 aliphatic rings. The molecule has 0 aromatic heterocycles. The second-order valence-corrected chi connectivity index (χ2v) is 2.88. The molecule has 1 atom stereocenters. The molecule has 0 heterocycles. The summed E-state index contributed by atoms with van der Waals surface area (Å²) >= 11 is 0. The van der Waals surface area contributed by atoms with Gasteiger partial charge in [-0.25, -0.2) is 0 Å². The third kappa shape index (κ3) is 2.37. The van der Waals surface area contributed by atoms with Gasteiger partial charge < -0.3 is 4.74 Å². The number of rotatable bonds is 4. The Bertz CT molecular complexity index is 152. The number of carbonyl (C=O) groups excluding carboxylic acids is 1. The van der Waals surface area contributed by atoms with Crippen LogP contribution in [0.25, 0.3) is 0 Å². The fraction of sp³-hybridized carbons (Fsp3) is 0.667. The number of Topliss-reactive ketones (excluding diaryl/α,β-unsaturated/α-hetero) is 1. The van der Waals surface area contributed by atoms with Crippen molar-refractivity contribution >= 4 is 5.78 Å². The highest BCUT2D eigenvalue weighted by Crippen LogP contribution is 2.23. The monoisotopic (exact) mass is 154 g/mol. The van der Waals surface area contributed by atoms with E-state index in [1.807, 2.05) is 0 Å². The molecule has 0 amide bonds. The van der Waals surface area contributed by atoms with Gasteiger partial charge >= 0.3 is 0 Å². The van der Waals surface area contributed by atoms with Crippen LogP contribution in [0.15, 0.2) is 12.8 Å². The van der Waals surface area contributed by atoms with Crippen LogP contribution in [-0.2, 0) is 9.53 Å². The maximum Gasteiger partial charge on any atom is 0.136 e. The molecule has 0 aromatic carbocycles. The Morgan fingerprint density at radius 3 is 3.09 bits per heavy atom. The second-order valence-electron chi connectivity index (χ2n) is 2.88. The fourth-order valence-corrected chi connectivity index (χ4v) is 1.49. The molecule has 0 aromatic rings. The largest absolute Gasteiger partial charge is 0.502 e. The van der Waals surface area contributed by atoms with Gasteiger partial charge in [0.1, 0.15) is 5.78 Å². The first-order valence-corrected chi connectivity index (χ1v) is 4.10. The number of hydrogen-bond donors (Lipinski definition) is 0. The summed E-state index contributed by atoms with van der Waals surface area (Å²) in [4.78, 5) is 11.1. The zero-order valence-electron chi connectivity index (χ0n) is 6.71. The van der Waals surface area contributed by atoms with E-state index in [4.69, 9.17) is 4.74 Å². The minimum atomic E-state index is 0.273. The molecule has 0 radical (unpaired) electrons. The van der Waals surface area contributed by atoms with Gasteiger partial charge in [0.2, 0.25) is 0 Å². The van der Waals surface area contributed by atoms with Crippen LogP contribution in [0.5, 0.6) is 0 Å². The molecule has 11 heavy (non-hydrogen) atoms. The maximum atomic E-state index is 11.1. The van der Waals surface area contributed by atoms with E-state index in [2.05, 4.69) is 6.58 Å². The summed E-state index contributed by atoms with van der Waals surface area (Å²) < 4.78 is 4.96. The van der Waals surface area contributed by atoms with Crippen LogP contribution < -0.4 is 0 Å². The van der Waals surface area contributed by atoms with Gasteiger partial charge in [0.25, 0.3) is 0 Å². The van der Waals surface area contributed by atoms with Crippen LogP contribution in [0.1, 0.15) is 25.7 Å². The molecular formula is C9H14O2. The average molecular weight is 154 g/mol. The highest BCUT2D eigenvalue weighted by Gasteiger charge is 2.23. The topological polar surface area (TPSA) is 26.3 Å². The van der Waals surface area contributed by atoms with Crippen LogP contribution in [0.3, 0.4) is 0 Å². The minimum Gasteiger partial charge on any atom is -0.502 e. The van der Waals surface area contributed by atoms with Crippen molar-refractivity contribution in [1.82, 2.24) is 0 Å². The third-order valence-electron chi connectivity index (χ3n) is 2.13. The maximum absolute atomic E-state index is 11.1. The van der Waals surface area contributed by atoms with Gasteiger partial charge in [-0.2, -0.15) is 0 Å². The van der Waals surface area contributed by atoms with Crippen molar-refractivity contribution in [3.8, 4) is 0 Å². The summed E-state index contributed by atoms with van der Waals surface area (Å²) in [5, 5.41) is 0. The molecule has 0 saturated heterocycles. The Balaban J connectivity index is 2.15. The van der Waals surface area contributed by atoms with E-state index in [-0.39, 0.29) is 5.92 Å². The molecule has 62 valence electrons. The molecule has 2 nitrogen and oxygen atoms in total. The molecule has 1 aliphatic carbocycles. The molecule has 1 unspecified atom stereocenters. The third-order valence-corrected chi connectivity index (χ3v) is 2.13. The number of hydrogen-bond acceptors (Lipinski definition) is 2. The second kappa shape index (κ2) is 4.16. The van der Waals surface area contributed by atoms with Crippen molar-refractivity contribution < 1.29 is 9.53 Å². The molecular weight excluding hydrogens is 140 g/mol. The minimum absolute atomic E-state index is 0.273. The first kappa shape index (κ1) is 8.31. The highest BCUT2D eigenvalue weighted by molar-refractivity contribution is 5.82. The predicted octanol–water partition coefficient (Wildman–Crippen LogP) is 1.91. The summed E-state index contributed by atoms with van der Waals surface area (Å²) in [5.41, 5.74) is 0. The lowest BCUT2D eigenvalue weighted by Crippen LogP contribution is -2.08. The number of ether oxygens (including phenoxy) is 1. The van der Waals surface area contributed by atoms with Crippen LogP contribution in [-0.4, -0.2) is 12.4 Å². The predicted molar refractivity (Wildman–Crippen MR) is 43.1 cm³/mol. The summed E-state index contributed by atoms with van der Waals surface area (Å²) in [6.45, 7) is 4.08. The molecule has 1 rings (SSSR count). The molecule has 1 fully saturated rings. The molecule has 1 saturated carbocycles. The summed E-state index contributed by atoms with van der Waals surface area (Å²) in [6.07, 6.45) is 5.19. The van der Waals surface area contributed by atoms with Gasteiger partial charge in [-0.15, -0.1) is 0 Å². The van der Waals surface area contributed by atoms with Crippen molar-refractivity contribution in [3.05, 3.63) is 12.8 Å². The Hall–Kier alpha value is -0.790. The van der Waals surface area contributed by atoms with E-state index < -0.39 is 0 Å². The first-order chi connectivity index (χ1) is 5.34. The SMILES string of the molecule is C=COCCC1CCCC1=O. The smallest absolute Gasteiger partial charge is 0.136 e. The fourth-order valence-electron chi connectivity index (χ4n) is 1.49. The van der Waals surface area contributed by atoms with Gasteiger partial charge in [-0.05, 0) is 19.3 Å². The Labute approximate surface area is 67.2 Å². The zero-order valence-corrected chi connectivity index (χ0v) is 6.71. The van der Waals surface area contributed by atoms with Crippen molar-refractivity contribution in [2.75, 3.05) is 6.61 Å². The summed E-state index contributed by atoms with van der Waals surface area (Å²) in [6, 6.07) is 0. The van der Waals surface area contributed by atoms with Gasteiger partial charge in [-0.1, -0.05) is 6.58 Å². The van der Waals surface area contributed by atoms with Crippen molar-refractivity contribution in [2.24, 2.45) is 5.92 Å². The highest BCUT2D eigenvalue weighted by atomic mass is 16.5. The molecule has 0 spiro atoms. The van der Waals surface area contributed by atoms with E-state index in [0.717, 1.165) is 25.7 Å². The lowest BCUT2D eigenvalue weighted by atomic mass is 10.0. The quantitative estimate of drug-likeness (QED) is 0.456. The van der Waals surface area contributed by atoms with Crippen LogP contribution in [0.2, 0.25) is 0 Å². The van der Waals surface area contributed by atoms with Gasteiger partial charge in [0, 0.05) is 12.3 Å². The lowest BCUT2D eigenvalue weighted by Gasteiger charge is -2.05. The number of carbonyl (C=O) groups is 1. The van der Waals surface area contributed by atoms with E-state index in [1.165, 1.54) is 6.26 Å². The van der Waals surface area contributed by atoms with E-state index in [9.17, 15) is 4.79 Å². The van der Waals surface area contributed by atoms with Crippen molar-refractivity contribution in [2.45, 2.75) is 25.7 Å². The van der Waals surface area contributed by atoms with E-state index in [1.54, 1.807) is 0 Å². The number of ketones is 1.